The second-order valence-corrected chi connectivity index (χ2v) is 1.04. The van der Waals surface area contributed by atoms with Crippen molar-refractivity contribution in [2.75, 3.05) is 0 Å². The van der Waals surface area contributed by atoms with Gasteiger partial charge in [-0.25, -0.2) is 5.53 Å². The minimum absolute atomic E-state index is 0.759. The number of nitrogens with zero attached hydrogens (tertiary/aromatic N) is 1. The molecule has 0 aromatic heterocycles. The lowest BCUT2D eigenvalue weighted by molar-refractivity contribution is 1.05. The molecule has 0 atom stereocenters. The Bertz CT molecular complexity index is 73.6. The van der Waals surface area contributed by atoms with Gasteiger partial charge in [-0.05, 0) is 13.8 Å². The zero-order valence-electron chi connectivity index (χ0n) is 4.02. The van der Waals surface area contributed by atoms with Crippen molar-refractivity contribution in [2.24, 2.45) is 5.11 Å². The maximum absolute atomic E-state index is 6.37. The maximum atomic E-state index is 6.37. The molecular weight excluding hydrogens is 76.1 g/mol. The fourth-order valence-corrected chi connectivity index (χ4v) is 0.0645. The first kappa shape index (κ1) is 5.34. The Morgan fingerprint density at radius 2 is 2.33 bits per heavy atom. The van der Waals surface area contributed by atoms with E-state index in [2.05, 4.69) is 5.11 Å². The molecule has 0 rings (SSSR count). The molecule has 0 saturated carbocycles. The molecule has 2 nitrogen and oxygen atoms in total. The standard InChI is InChI=1S/C4H8N2/c1-3-4(2)6-5/h3,5H,1-2H3/b4-3-,6-5?. The van der Waals surface area contributed by atoms with Crippen LogP contribution >= 0.6 is 0 Å². The van der Waals surface area contributed by atoms with Crippen LogP contribution in [0.1, 0.15) is 13.8 Å². The maximum Gasteiger partial charge on any atom is 0.0550 e. The molecule has 0 aromatic carbocycles. The Balaban J connectivity index is 3.50. The normalized spacial score (nSPS) is 11.3. The molecule has 0 radical (unpaired) electrons. The third-order valence-corrected chi connectivity index (χ3v) is 0.594. The van der Waals surface area contributed by atoms with Crippen LogP contribution in [-0.4, -0.2) is 0 Å². The summed E-state index contributed by atoms with van der Waals surface area (Å²) < 4.78 is 0. The highest BCUT2D eigenvalue weighted by Crippen LogP contribution is 1.88. The van der Waals surface area contributed by atoms with Crippen LogP contribution in [0.3, 0.4) is 0 Å². The number of rotatable bonds is 1. The second kappa shape index (κ2) is 2.57. The summed E-state index contributed by atoms with van der Waals surface area (Å²) in [6, 6.07) is 0. The van der Waals surface area contributed by atoms with Crippen molar-refractivity contribution in [3.63, 3.8) is 0 Å². The van der Waals surface area contributed by atoms with Crippen molar-refractivity contribution in [2.45, 2.75) is 13.8 Å². The van der Waals surface area contributed by atoms with Gasteiger partial charge in [-0.15, -0.1) is 0 Å². The third-order valence-electron chi connectivity index (χ3n) is 0.594. The zero-order valence-corrected chi connectivity index (χ0v) is 4.02. The molecule has 0 bridgehead atoms. The molecule has 0 amide bonds. The van der Waals surface area contributed by atoms with Gasteiger partial charge in [-0.3, -0.25) is 0 Å². The Labute approximate surface area is 37.4 Å². The first-order valence-electron chi connectivity index (χ1n) is 1.81. The summed E-state index contributed by atoms with van der Waals surface area (Å²) in [5, 5.41) is 3.12. The van der Waals surface area contributed by atoms with E-state index in [9.17, 15) is 0 Å². The minimum atomic E-state index is 0.759. The summed E-state index contributed by atoms with van der Waals surface area (Å²) in [6.07, 6.45) is 1.78. The lowest BCUT2D eigenvalue weighted by Gasteiger charge is -1.76. The lowest BCUT2D eigenvalue weighted by atomic mass is 10.5. The Kier molecular flexibility index (Phi) is 2.29. The van der Waals surface area contributed by atoms with E-state index in [1.165, 1.54) is 0 Å². The van der Waals surface area contributed by atoms with E-state index < -0.39 is 0 Å². The van der Waals surface area contributed by atoms with Gasteiger partial charge in [0.25, 0.3) is 0 Å². The summed E-state index contributed by atoms with van der Waals surface area (Å²) in [5.74, 6) is 0. The van der Waals surface area contributed by atoms with Gasteiger partial charge in [-0.2, -0.15) is 5.11 Å². The topological polar surface area (TPSA) is 36.2 Å². The molecule has 6 heavy (non-hydrogen) atoms. The van der Waals surface area contributed by atoms with Crippen LogP contribution in [0.2, 0.25) is 0 Å². The van der Waals surface area contributed by atoms with Gasteiger partial charge in [0.15, 0.2) is 0 Å². The summed E-state index contributed by atoms with van der Waals surface area (Å²) in [7, 11) is 0. The van der Waals surface area contributed by atoms with E-state index in [1.54, 1.807) is 13.0 Å². The van der Waals surface area contributed by atoms with Gasteiger partial charge in [-0.1, -0.05) is 6.08 Å². The van der Waals surface area contributed by atoms with Crippen LogP contribution in [0, 0.1) is 5.53 Å². The summed E-state index contributed by atoms with van der Waals surface area (Å²) in [4.78, 5) is 0. The molecule has 1 N–H and O–H groups in total. The predicted molar refractivity (Wildman–Crippen MR) is 24.6 cm³/mol. The fraction of sp³-hybridized carbons (Fsp3) is 0.500. The molecule has 0 unspecified atom stereocenters. The van der Waals surface area contributed by atoms with Crippen LogP contribution in [0.4, 0.5) is 0 Å². The molecule has 0 aliphatic carbocycles. The molecule has 0 aliphatic heterocycles. The molecule has 0 heterocycles. The van der Waals surface area contributed by atoms with E-state index in [1.807, 2.05) is 6.92 Å². The van der Waals surface area contributed by atoms with Crippen LogP contribution in [0.25, 0.3) is 0 Å². The first-order chi connectivity index (χ1) is 2.81. The van der Waals surface area contributed by atoms with Gasteiger partial charge < -0.3 is 0 Å². The minimum Gasteiger partial charge on any atom is -0.205 e. The molecule has 34 valence electrons. The predicted octanol–water partition coefficient (Wildman–Crippen LogP) is 1.94. The zero-order chi connectivity index (χ0) is 4.99. The molecular formula is C4H8N2. The highest BCUT2D eigenvalue weighted by Gasteiger charge is 1.69. The van der Waals surface area contributed by atoms with Crippen molar-refractivity contribution >= 4 is 0 Å². The quantitative estimate of drug-likeness (QED) is 0.471. The van der Waals surface area contributed by atoms with Crippen molar-refractivity contribution in [3.8, 4) is 0 Å². The third kappa shape index (κ3) is 1.64. The smallest absolute Gasteiger partial charge is 0.0550 e. The van der Waals surface area contributed by atoms with Crippen LogP contribution in [0.5, 0.6) is 0 Å². The van der Waals surface area contributed by atoms with Crippen molar-refractivity contribution in [1.82, 2.24) is 0 Å². The Hall–Kier alpha value is -0.660. The van der Waals surface area contributed by atoms with Gasteiger partial charge in [0.1, 0.15) is 0 Å². The number of nitrogens with one attached hydrogen (secondary N) is 1. The van der Waals surface area contributed by atoms with E-state index in [-0.39, 0.29) is 0 Å². The monoisotopic (exact) mass is 84.1 g/mol. The van der Waals surface area contributed by atoms with E-state index in [0.717, 1.165) is 5.70 Å². The average Bonchev–Trinajstić information content (AvgIpc) is 1.65. The van der Waals surface area contributed by atoms with Crippen molar-refractivity contribution < 1.29 is 0 Å². The first-order valence-corrected chi connectivity index (χ1v) is 1.81. The van der Waals surface area contributed by atoms with Gasteiger partial charge >= 0.3 is 0 Å². The highest BCUT2D eigenvalue weighted by atomic mass is 15.0. The number of allylic oxidation sites excluding steroid dienone is 2. The van der Waals surface area contributed by atoms with E-state index in [4.69, 9.17) is 5.53 Å². The van der Waals surface area contributed by atoms with Crippen molar-refractivity contribution in [1.29, 1.82) is 5.53 Å². The summed E-state index contributed by atoms with van der Waals surface area (Å²) >= 11 is 0. The number of hydrogen-bond acceptors (Lipinski definition) is 2. The molecule has 0 spiro atoms. The number of hydrogen-bond donors (Lipinski definition) is 1. The summed E-state index contributed by atoms with van der Waals surface area (Å²) in [5.41, 5.74) is 7.12. The Morgan fingerprint density at radius 1 is 1.83 bits per heavy atom. The van der Waals surface area contributed by atoms with Gasteiger partial charge in [0, 0.05) is 0 Å². The van der Waals surface area contributed by atoms with Gasteiger partial charge in [0.2, 0.25) is 0 Å². The largest absolute Gasteiger partial charge is 0.205 e. The van der Waals surface area contributed by atoms with E-state index in [0.29, 0.717) is 0 Å². The summed E-state index contributed by atoms with van der Waals surface area (Å²) in [6.45, 7) is 3.64. The van der Waals surface area contributed by atoms with Crippen LogP contribution in [-0.2, 0) is 0 Å². The Morgan fingerprint density at radius 3 is 2.33 bits per heavy atom. The molecule has 2 heteroatoms. The average molecular weight is 84.1 g/mol. The van der Waals surface area contributed by atoms with E-state index >= 15 is 0 Å². The van der Waals surface area contributed by atoms with Crippen LogP contribution < -0.4 is 0 Å². The molecule has 0 fully saturated rings. The van der Waals surface area contributed by atoms with Gasteiger partial charge in [0.05, 0.1) is 5.70 Å². The molecule has 0 aliphatic rings. The molecule has 0 saturated heterocycles. The molecule has 0 aromatic rings. The highest BCUT2D eigenvalue weighted by molar-refractivity contribution is 4.89. The fourth-order valence-electron chi connectivity index (χ4n) is 0.0645. The second-order valence-electron chi connectivity index (χ2n) is 1.04. The lowest BCUT2D eigenvalue weighted by Crippen LogP contribution is -1.56. The SMILES string of the molecule is C/C=C(/C)N=N. The van der Waals surface area contributed by atoms with Crippen molar-refractivity contribution in [3.05, 3.63) is 11.8 Å². The van der Waals surface area contributed by atoms with Crippen LogP contribution in [0.15, 0.2) is 16.9 Å².